The first kappa shape index (κ1) is 24.8. The van der Waals surface area contributed by atoms with Crippen LogP contribution in [0.25, 0.3) is 11.0 Å². The Hall–Kier alpha value is -3.33. The Balaban J connectivity index is 1.49. The van der Waals surface area contributed by atoms with Crippen LogP contribution in [0.3, 0.4) is 0 Å². The van der Waals surface area contributed by atoms with E-state index >= 15 is 0 Å². The highest BCUT2D eigenvalue weighted by Crippen LogP contribution is 2.20. The second-order valence-corrected chi connectivity index (χ2v) is 9.33. The lowest BCUT2D eigenvalue weighted by atomic mass is 9.98. The summed E-state index contributed by atoms with van der Waals surface area (Å²) in [5.74, 6) is -2.57. The van der Waals surface area contributed by atoms with E-state index in [4.69, 9.17) is 0 Å². The molecule has 2 atom stereocenters. The number of nitrogens with one attached hydrogen (secondary N) is 3. The Morgan fingerprint density at radius 2 is 1.97 bits per heavy atom. The Bertz CT molecular complexity index is 1200. The number of aromatic nitrogens is 2. The van der Waals surface area contributed by atoms with Gasteiger partial charge >= 0.3 is 0 Å². The number of pyridine rings is 1. The Labute approximate surface area is 203 Å². The average Bonchev–Trinajstić information content (AvgIpc) is 3.32. The number of fused-ring (bicyclic) bond motifs is 1. The summed E-state index contributed by atoms with van der Waals surface area (Å²) in [5.41, 5.74) is 1.98. The number of likely N-dealkylation sites (tertiary alicyclic amines) is 1. The van der Waals surface area contributed by atoms with Crippen LogP contribution in [0.1, 0.15) is 44.2 Å². The average molecular weight is 484 g/mol. The van der Waals surface area contributed by atoms with E-state index in [9.17, 15) is 18.4 Å². The molecule has 0 bridgehead atoms. The van der Waals surface area contributed by atoms with Crippen molar-refractivity contribution >= 4 is 22.8 Å². The van der Waals surface area contributed by atoms with E-state index in [1.54, 1.807) is 12.4 Å². The first-order chi connectivity index (χ1) is 16.8. The zero-order valence-electron chi connectivity index (χ0n) is 20.0. The molecule has 2 amide bonds. The summed E-state index contributed by atoms with van der Waals surface area (Å²) in [6, 6.07) is 6.26. The summed E-state index contributed by atoms with van der Waals surface area (Å²) >= 11 is 0. The lowest BCUT2D eigenvalue weighted by Crippen LogP contribution is -2.56. The fraction of sp³-hybridized carbons (Fsp3) is 0.423. The van der Waals surface area contributed by atoms with Crippen molar-refractivity contribution in [1.82, 2.24) is 25.5 Å². The fourth-order valence-corrected chi connectivity index (χ4v) is 4.63. The van der Waals surface area contributed by atoms with Crippen molar-refractivity contribution in [3.05, 3.63) is 65.5 Å². The van der Waals surface area contributed by atoms with Gasteiger partial charge in [-0.15, -0.1) is 0 Å². The molecule has 3 N–H and O–H groups in total. The molecule has 186 valence electrons. The Morgan fingerprint density at radius 1 is 1.14 bits per heavy atom. The maximum Gasteiger partial charge on any atom is 0.243 e. The van der Waals surface area contributed by atoms with Gasteiger partial charge in [-0.2, -0.15) is 0 Å². The van der Waals surface area contributed by atoms with Crippen LogP contribution in [0.4, 0.5) is 8.78 Å². The van der Waals surface area contributed by atoms with Crippen LogP contribution < -0.4 is 10.6 Å². The van der Waals surface area contributed by atoms with Crippen LogP contribution in [0.2, 0.25) is 0 Å². The van der Waals surface area contributed by atoms with Crippen molar-refractivity contribution in [3.63, 3.8) is 0 Å². The number of carbonyl (C=O) groups excluding carboxylic acids is 2. The molecule has 1 aromatic carbocycles. The number of hydrogen-bond acceptors (Lipinski definition) is 4. The van der Waals surface area contributed by atoms with Gasteiger partial charge in [0, 0.05) is 36.8 Å². The van der Waals surface area contributed by atoms with Crippen LogP contribution in [0, 0.1) is 11.6 Å². The van der Waals surface area contributed by atoms with Gasteiger partial charge in [-0.25, -0.2) is 13.8 Å². The second kappa shape index (κ2) is 10.9. The summed E-state index contributed by atoms with van der Waals surface area (Å²) < 4.78 is 27.2. The topological polar surface area (TPSA) is 90.1 Å². The summed E-state index contributed by atoms with van der Waals surface area (Å²) in [4.78, 5) is 35.9. The zero-order chi connectivity index (χ0) is 24.9. The van der Waals surface area contributed by atoms with Gasteiger partial charge in [0.2, 0.25) is 11.8 Å². The van der Waals surface area contributed by atoms with Crippen LogP contribution in [-0.2, 0) is 22.6 Å². The standard InChI is InChI=1S/C26H31F2N5O2/c1-16(2)33-10-4-3-5-23(33)26(35)32-22(13-17-6-7-20(27)21(28)12-17)25(34)31-15-18-11-19-8-9-29-24(19)30-14-18/h6-9,11-12,14,16,22-23H,3-5,10,13,15H2,1-2H3,(H,29,30)(H,31,34)(H,32,35)/t22-,23+/m0/s1. The molecule has 0 radical (unpaired) electrons. The van der Waals surface area contributed by atoms with E-state index in [2.05, 4.69) is 25.5 Å². The number of rotatable bonds is 8. The zero-order valence-corrected chi connectivity index (χ0v) is 20.0. The third kappa shape index (κ3) is 6.03. The largest absolute Gasteiger partial charge is 0.350 e. The molecule has 0 unspecified atom stereocenters. The molecule has 3 heterocycles. The molecular formula is C26H31F2N5O2. The van der Waals surface area contributed by atoms with Crippen LogP contribution in [0.15, 0.2) is 42.7 Å². The minimum Gasteiger partial charge on any atom is -0.350 e. The first-order valence-corrected chi connectivity index (χ1v) is 12.0. The van der Waals surface area contributed by atoms with Crippen LogP contribution >= 0.6 is 0 Å². The van der Waals surface area contributed by atoms with E-state index in [-0.39, 0.29) is 31.0 Å². The molecule has 35 heavy (non-hydrogen) atoms. The predicted octanol–water partition coefficient (Wildman–Crippen LogP) is 3.45. The van der Waals surface area contributed by atoms with Gasteiger partial charge in [-0.05, 0) is 68.6 Å². The second-order valence-electron chi connectivity index (χ2n) is 9.33. The van der Waals surface area contributed by atoms with Gasteiger partial charge in [0.1, 0.15) is 11.7 Å². The summed E-state index contributed by atoms with van der Waals surface area (Å²) in [6.45, 7) is 5.14. The highest BCUT2D eigenvalue weighted by Gasteiger charge is 2.32. The molecular weight excluding hydrogens is 452 g/mol. The smallest absolute Gasteiger partial charge is 0.243 e. The van der Waals surface area contributed by atoms with Crippen molar-refractivity contribution in [2.24, 2.45) is 0 Å². The molecule has 0 aliphatic carbocycles. The fourth-order valence-electron chi connectivity index (χ4n) is 4.63. The van der Waals surface area contributed by atoms with Crippen molar-refractivity contribution in [2.45, 2.75) is 64.2 Å². The third-order valence-electron chi connectivity index (χ3n) is 6.49. The van der Waals surface area contributed by atoms with E-state index in [1.165, 1.54) is 6.07 Å². The lowest BCUT2D eigenvalue weighted by molar-refractivity contribution is -0.133. The van der Waals surface area contributed by atoms with Gasteiger partial charge in [0.25, 0.3) is 0 Å². The van der Waals surface area contributed by atoms with Gasteiger partial charge in [0.15, 0.2) is 11.6 Å². The predicted molar refractivity (Wildman–Crippen MR) is 129 cm³/mol. The maximum atomic E-state index is 13.8. The van der Waals surface area contributed by atoms with E-state index in [0.717, 1.165) is 48.1 Å². The van der Waals surface area contributed by atoms with Gasteiger partial charge in [0.05, 0.1) is 6.04 Å². The molecule has 1 aliphatic heterocycles. The van der Waals surface area contributed by atoms with Crippen molar-refractivity contribution < 1.29 is 18.4 Å². The van der Waals surface area contributed by atoms with Gasteiger partial charge < -0.3 is 15.6 Å². The molecule has 4 rings (SSSR count). The minimum atomic E-state index is -0.989. The number of H-pyrrole nitrogens is 1. The molecule has 2 aromatic heterocycles. The Morgan fingerprint density at radius 3 is 2.74 bits per heavy atom. The molecule has 1 saturated heterocycles. The molecule has 7 nitrogen and oxygen atoms in total. The molecule has 3 aromatic rings. The van der Waals surface area contributed by atoms with Gasteiger partial charge in [-0.1, -0.05) is 12.5 Å². The molecule has 1 aliphatic rings. The number of aromatic amines is 1. The molecule has 1 fully saturated rings. The number of halogens is 2. The van der Waals surface area contributed by atoms with Crippen molar-refractivity contribution in [1.29, 1.82) is 0 Å². The number of nitrogens with zero attached hydrogens (tertiary/aromatic N) is 2. The highest BCUT2D eigenvalue weighted by atomic mass is 19.2. The van der Waals surface area contributed by atoms with E-state index in [0.29, 0.717) is 12.0 Å². The number of hydrogen-bond donors (Lipinski definition) is 3. The number of carbonyl (C=O) groups is 2. The number of amides is 2. The third-order valence-corrected chi connectivity index (χ3v) is 6.49. The number of piperidine rings is 1. The minimum absolute atomic E-state index is 0.0399. The quantitative estimate of drug-likeness (QED) is 0.458. The van der Waals surface area contributed by atoms with Crippen molar-refractivity contribution in [3.8, 4) is 0 Å². The highest BCUT2D eigenvalue weighted by molar-refractivity contribution is 5.90. The van der Waals surface area contributed by atoms with Crippen molar-refractivity contribution in [2.75, 3.05) is 6.54 Å². The monoisotopic (exact) mass is 483 g/mol. The normalized spacial score (nSPS) is 17.5. The summed E-state index contributed by atoms with van der Waals surface area (Å²) in [6.07, 6.45) is 6.18. The summed E-state index contributed by atoms with van der Waals surface area (Å²) in [5, 5.41) is 6.67. The summed E-state index contributed by atoms with van der Waals surface area (Å²) in [7, 11) is 0. The first-order valence-electron chi connectivity index (χ1n) is 12.0. The molecule has 0 spiro atoms. The van der Waals surface area contributed by atoms with E-state index < -0.39 is 23.6 Å². The van der Waals surface area contributed by atoms with Crippen LogP contribution in [-0.4, -0.2) is 51.4 Å². The maximum absolute atomic E-state index is 13.8. The SMILES string of the molecule is CC(C)N1CCCC[C@@H]1C(=O)N[C@@H](Cc1ccc(F)c(F)c1)C(=O)NCc1cnc2[nH]ccc2c1. The van der Waals surface area contributed by atoms with E-state index in [1.807, 2.05) is 26.0 Å². The lowest BCUT2D eigenvalue weighted by Gasteiger charge is -2.38. The van der Waals surface area contributed by atoms with Gasteiger partial charge in [-0.3, -0.25) is 14.5 Å². The molecule has 9 heteroatoms. The number of benzene rings is 1. The molecule has 0 saturated carbocycles. The van der Waals surface area contributed by atoms with Crippen LogP contribution in [0.5, 0.6) is 0 Å². The Kier molecular flexibility index (Phi) is 7.75.